The summed E-state index contributed by atoms with van der Waals surface area (Å²) in [6.45, 7) is 14.7. The molecule has 0 aromatic heterocycles. The molecule has 49 heavy (non-hydrogen) atoms. The Balaban J connectivity index is 1.66. The van der Waals surface area contributed by atoms with E-state index in [0.29, 0.717) is 35.1 Å². The van der Waals surface area contributed by atoms with Gasteiger partial charge < -0.3 is 35.2 Å². The summed E-state index contributed by atoms with van der Waals surface area (Å²) in [6, 6.07) is 0.398. The van der Waals surface area contributed by atoms with E-state index in [1.807, 2.05) is 19.9 Å². The average molecular weight is 704 g/mol. The number of likely N-dealkylation sites (N-methyl/N-ethyl adjacent to an activating group) is 1. The maximum atomic E-state index is 14.5. The van der Waals surface area contributed by atoms with Crippen molar-refractivity contribution in [3.8, 4) is 5.75 Å². The Morgan fingerprint density at radius 2 is 1.78 bits per heavy atom. The van der Waals surface area contributed by atoms with Crippen LogP contribution in [0.3, 0.4) is 0 Å². The number of hydrogen-bond acceptors (Lipinski definition) is 9. The van der Waals surface area contributed by atoms with Gasteiger partial charge in [-0.05, 0) is 70.1 Å². The second-order valence-electron chi connectivity index (χ2n) is 15.3. The summed E-state index contributed by atoms with van der Waals surface area (Å²) >= 11 is 6.55. The van der Waals surface area contributed by atoms with E-state index in [4.69, 9.17) is 25.9 Å². The van der Waals surface area contributed by atoms with E-state index in [0.717, 1.165) is 18.4 Å². The highest BCUT2D eigenvalue weighted by Gasteiger charge is 2.56. The Bertz CT molecular complexity index is 1490. The molecule has 1 aromatic carbocycles. The van der Waals surface area contributed by atoms with Crippen molar-refractivity contribution in [1.82, 2.24) is 20.9 Å². The molecule has 2 heterocycles. The Morgan fingerprint density at radius 1 is 1.10 bits per heavy atom. The van der Waals surface area contributed by atoms with Crippen LogP contribution in [-0.2, 0) is 28.8 Å². The van der Waals surface area contributed by atoms with Crippen LogP contribution in [-0.4, -0.2) is 89.7 Å². The monoisotopic (exact) mass is 703 g/mol. The molecule has 0 bridgehead atoms. The Kier molecular flexibility index (Phi) is 11.3. The summed E-state index contributed by atoms with van der Waals surface area (Å²) in [5.41, 5.74) is -0.565. The molecule has 1 saturated carbocycles. The second kappa shape index (κ2) is 14.5. The molecule has 2 fully saturated rings. The fraction of sp³-hybridized carbons (Fsp3) is 0.657. The molecule has 1 aliphatic carbocycles. The van der Waals surface area contributed by atoms with Gasteiger partial charge in [0, 0.05) is 25.5 Å². The predicted octanol–water partition coefficient (Wildman–Crippen LogP) is 4.05. The van der Waals surface area contributed by atoms with E-state index < -0.39 is 64.3 Å². The number of ketones is 1. The molecule has 2 aliphatic heterocycles. The molecule has 4 amide bonds. The Morgan fingerprint density at radius 3 is 2.33 bits per heavy atom. The molecule has 14 heteroatoms. The van der Waals surface area contributed by atoms with Crippen LogP contribution in [0, 0.1) is 18.3 Å². The quantitative estimate of drug-likeness (QED) is 0.291. The number of benzene rings is 1. The largest absolute Gasteiger partial charge is 0.492 e. The number of carbonyl (C=O) groups is 5. The number of Topliss-reactive ketones (excluding diaryl/α,β-unsaturated/α-hetero) is 1. The third kappa shape index (κ3) is 9.23. The molecular formula is C35H50ClN5O8. The van der Waals surface area contributed by atoms with Crippen molar-refractivity contribution in [3.63, 3.8) is 0 Å². The summed E-state index contributed by atoms with van der Waals surface area (Å²) in [5.74, 6) is -1.89. The minimum Gasteiger partial charge on any atom is -0.492 e. The molecule has 13 nitrogen and oxygen atoms in total. The summed E-state index contributed by atoms with van der Waals surface area (Å²) in [7, 11) is 1.36. The van der Waals surface area contributed by atoms with Crippen LogP contribution in [0.2, 0.25) is 5.02 Å². The Hall–Kier alpha value is -3.87. The summed E-state index contributed by atoms with van der Waals surface area (Å²) in [4.78, 5) is 74.3. The van der Waals surface area contributed by atoms with Crippen LogP contribution in [0.25, 0.3) is 0 Å². The van der Waals surface area contributed by atoms with Crippen LogP contribution in [0.1, 0.15) is 91.7 Å². The van der Waals surface area contributed by atoms with Gasteiger partial charge in [-0.15, -0.1) is 0 Å². The molecule has 270 valence electrons. The van der Waals surface area contributed by atoms with Crippen LogP contribution < -0.4 is 20.7 Å². The van der Waals surface area contributed by atoms with E-state index in [9.17, 15) is 24.0 Å². The van der Waals surface area contributed by atoms with Crippen molar-refractivity contribution in [2.75, 3.05) is 20.2 Å². The maximum Gasteiger partial charge on any atom is 0.408 e. The normalized spacial score (nSPS) is 21.7. The van der Waals surface area contributed by atoms with Crippen molar-refractivity contribution in [3.05, 3.63) is 28.3 Å². The standard InChI is InChI=1S/C35H50ClN5O8/c1-10-47-27-19(2)13-21(15-22(27)36)24-16-35(49-40-24)17-25(29(43)38-23(14-20-11-12-20)26(42)30(44)37-9)41(18-35)31(45)28(33(3,4)5)39-32(46)48-34(6,7)8/h13,15,20,23,25,28H,10-12,14,16-18H2,1-9H3,(H,37,44)(H,38,43)(H,39,46)/t23-,25-,28+,35+/m0/s1. The van der Waals surface area contributed by atoms with Gasteiger partial charge in [0.25, 0.3) is 5.91 Å². The van der Waals surface area contributed by atoms with Gasteiger partial charge in [-0.1, -0.05) is 50.4 Å². The highest BCUT2D eigenvalue weighted by molar-refractivity contribution is 6.38. The van der Waals surface area contributed by atoms with Crippen LogP contribution in [0.4, 0.5) is 4.79 Å². The lowest BCUT2D eigenvalue weighted by Gasteiger charge is -2.36. The fourth-order valence-electron chi connectivity index (χ4n) is 6.22. The smallest absolute Gasteiger partial charge is 0.408 e. The third-order valence-electron chi connectivity index (χ3n) is 8.80. The number of rotatable bonds is 11. The van der Waals surface area contributed by atoms with Gasteiger partial charge in [-0.2, -0.15) is 0 Å². The third-order valence-corrected chi connectivity index (χ3v) is 9.08. The van der Waals surface area contributed by atoms with Gasteiger partial charge in [-0.3, -0.25) is 19.2 Å². The number of nitrogens with zero attached hydrogens (tertiary/aromatic N) is 2. The number of likely N-dealkylation sites (tertiary alicyclic amines) is 1. The zero-order valence-electron chi connectivity index (χ0n) is 30.0. The highest BCUT2D eigenvalue weighted by Crippen LogP contribution is 2.41. The molecule has 0 unspecified atom stereocenters. The number of carbonyl (C=O) groups excluding carboxylic acids is 5. The van der Waals surface area contributed by atoms with Crippen molar-refractivity contribution < 1.29 is 38.3 Å². The first-order valence-corrected chi connectivity index (χ1v) is 17.2. The van der Waals surface area contributed by atoms with Crippen molar-refractivity contribution in [1.29, 1.82) is 0 Å². The van der Waals surface area contributed by atoms with E-state index >= 15 is 0 Å². The number of ether oxygens (including phenoxy) is 2. The number of amides is 4. The molecule has 0 radical (unpaired) electrons. The number of alkyl carbamates (subject to hydrolysis) is 1. The predicted molar refractivity (Wildman–Crippen MR) is 183 cm³/mol. The number of nitrogens with one attached hydrogen (secondary N) is 3. The average Bonchev–Trinajstić information content (AvgIpc) is 3.60. The van der Waals surface area contributed by atoms with Crippen LogP contribution in [0.5, 0.6) is 5.75 Å². The molecule has 4 rings (SSSR count). The summed E-state index contributed by atoms with van der Waals surface area (Å²) in [5, 5.41) is 12.7. The SMILES string of the molecule is CCOc1c(C)cc(C2=NO[C@]3(C2)C[C@@H](C(=O)N[C@@H](CC2CC2)C(=O)C(=O)NC)N(C(=O)[C@@H](NC(=O)OC(C)(C)C)C(C)(C)C)C3)cc1Cl. The summed E-state index contributed by atoms with van der Waals surface area (Å²) < 4.78 is 11.1. The molecular weight excluding hydrogens is 654 g/mol. The minimum atomic E-state index is -1.10. The topological polar surface area (TPSA) is 165 Å². The van der Waals surface area contributed by atoms with Gasteiger partial charge in [-0.25, -0.2) is 4.79 Å². The van der Waals surface area contributed by atoms with E-state index in [2.05, 4.69) is 21.1 Å². The molecule has 1 aromatic rings. The first-order chi connectivity index (χ1) is 22.8. The zero-order chi connectivity index (χ0) is 36.5. The lowest BCUT2D eigenvalue weighted by molar-refractivity contribution is -0.144. The van der Waals surface area contributed by atoms with E-state index in [1.165, 1.54) is 11.9 Å². The fourth-order valence-corrected chi connectivity index (χ4v) is 6.54. The molecule has 3 N–H and O–H groups in total. The van der Waals surface area contributed by atoms with Crippen LogP contribution >= 0.6 is 11.6 Å². The maximum absolute atomic E-state index is 14.5. The van der Waals surface area contributed by atoms with Gasteiger partial charge in [0.1, 0.15) is 23.4 Å². The van der Waals surface area contributed by atoms with Gasteiger partial charge in [0.05, 0.1) is 29.9 Å². The molecule has 4 atom stereocenters. The molecule has 1 spiro atoms. The van der Waals surface area contributed by atoms with Gasteiger partial charge in [0.2, 0.25) is 17.6 Å². The number of hydrogen-bond donors (Lipinski definition) is 3. The van der Waals surface area contributed by atoms with E-state index in [1.54, 1.807) is 47.6 Å². The van der Waals surface area contributed by atoms with Gasteiger partial charge >= 0.3 is 6.09 Å². The lowest BCUT2D eigenvalue weighted by atomic mass is 9.85. The minimum absolute atomic E-state index is 0.0279. The number of aryl methyl sites for hydroxylation is 1. The molecule has 3 aliphatic rings. The van der Waals surface area contributed by atoms with Gasteiger partial charge in [0.15, 0.2) is 5.60 Å². The highest BCUT2D eigenvalue weighted by atomic mass is 35.5. The number of oxime groups is 1. The van der Waals surface area contributed by atoms with Crippen molar-refractivity contribution in [2.45, 2.75) is 117 Å². The first-order valence-electron chi connectivity index (χ1n) is 16.8. The molecule has 1 saturated heterocycles. The van der Waals surface area contributed by atoms with Crippen molar-refractivity contribution in [2.24, 2.45) is 16.5 Å². The van der Waals surface area contributed by atoms with Crippen molar-refractivity contribution >= 4 is 46.9 Å². The lowest BCUT2D eigenvalue weighted by Crippen LogP contribution is -2.59. The van der Waals surface area contributed by atoms with E-state index in [-0.39, 0.29) is 25.3 Å². The zero-order valence-corrected chi connectivity index (χ0v) is 30.7. The first kappa shape index (κ1) is 37.9. The number of halogens is 1. The Labute approximate surface area is 293 Å². The second-order valence-corrected chi connectivity index (χ2v) is 15.7. The van der Waals surface area contributed by atoms with Crippen LogP contribution in [0.15, 0.2) is 17.3 Å². The summed E-state index contributed by atoms with van der Waals surface area (Å²) in [6.07, 6.45) is 1.65.